The van der Waals surface area contributed by atoms with Gasteiger partial charge in [0, 0.05) is 39.2 Å². The third-order valence-electron chi connectivity index (χ3n) is 4.48. The molecule has 0 radical (unpaired) electrons. The minimum atomic E-state index is -0.520. The number of anilines is 1. The van der Waals surface area contributed by atoms with Gasteiger partial charge >= 0.3 is 5.69 Å². The Bertz CT molecular complexity index is 733. The van der Waals surface area contributed by atoms with Gasteiger partial charge in [-0.25, -0.2) is 4.79 Å². The fraction of sp³-hybridized carbons (Fsp3) is 0.667. The summed E-state index contributed by atoms with van der Waals surface area (Å²) < 4.78 is 7.84. The van der Waals surface area contributed by atoms with Gasteiger partial charge in [-0.15, -0.1) is 0 Å². The lowest BCUT2D eigenvalue weighted by molar-refractivity contribution is 0.186. The van der Waals surface area contributed by atoms with Gasteiger partial charge in [0.15, 0.2) is 5.56 Å². The van der Waals surface area contributed by atoms with Crippen LogP contribution in [0.15, 0.2) is 9.59 Å². The molecular weight excluding hydrogens is 284 g/mol. The normalized spacial score (nSPS) is 20.9. The molecule has 0 amide bonds. The molecule has 22 heavy (non-hydrogen) atoms. The second-order valence-corrected chi connectivity index (χ2v) is 6.13. The van der Waals surface area contributed by atoms with Crippen LogP contribution in [0.2, 0.25) is 0 Å². The second kappa shape index (κ2) is 5.61. The smallest absolute Gasteiger partial charge is 0.332 e. The maximum atomic E-state index is 12.3. The van der Waals surface area contributed by atoms with E-state index in [1.54, 1.807) is 7.05 Å². The van der Waals surface area contributed by atoms with Gasteiger partial charge in [0.05, 0.1) is 6.61 Å². The Kier molecular flexibility index (Phi) is 3.79. The van der Waals surface area contributed by atoms with E-state index in [0.717, 1.165) is 37.0 Å². The van der Waals surface area contributed by atoms with Gasteiger partial charge in [-0.1, -0.05) is 0 Å². The molecule has 0 spiro atoms. The number of rotatable bonds is 4. The molecule has 0 bridgehead atoms. The van der Waals surface area contributed by atoms with Crippen molar-refractivity contribution >= 4 is 5.82 Å². The summed E-state index contributed by atoms with van der Waals surface area (Å²) in [4.78, 5) is 26.6. The summed E-state index contributed by atoms with van der Waals surface area (Å²) in [6.07, 6.45) is 3.04. The van der Waals surface area contributed by atoms with Crippen molar-refractivity contribution in [1.29, 1.82) is 5.26 Å². The quantitative estimate of drug-likeness (QED) is 0.780. The van der Waals surface area contributed by atoms with Crippen LogP contribution in [0.4, 0.5) is 5.82 Å². The molecule has 118 valence electrons. The van der Waals surface area contributed by atoms with Crippen LogP contribution < -0.4 is 16.1 Å². The zero-order chi connectivity index (χ0) is 15.9. The first kappa shape index (κ1) is 14.9. The first-order valence-corrected chi connectivity index (χ1v) is 7.59. The summed E-state index contributed by atoms with van der Waals surface area (Å²) in [6.45, 7) is 2.17. The third kappa shape index (κ3) is 2.44. The number of hydrogen-bond acceptors (Lipinski definition) is 5. The van der Waals surface area contributed by atoms with E-state index in [9.17, 15) is 14.9 Å². The lowest BCUT2D eigenvalue weighted by Crippen LogP contribution is -2.44. The summed E-state index contributed by atoms with van der Waals surface area (Å²) in [5.74, 6) is 0.844. The van der Waals surface area contributed by atoms with E-state index in [1.165, 1.54) is 11.6 Å². The number of aromatic nitrogens is 2. The SMILES string of the molecule is Cn1c(N(CC2CCOC2)C2CC2)c(C#N)c(=O)n(C)c1=O. The Morgan fingerprint density at radius 2 is 2.00 bits per heavy atom. The molecule has 3 rings (SSSR count). The zero-order valence-electron chi connectivity index (χ0n) is 12.9. The zero-order valence-corrected chi connectivity index (χ0v) is 12.9. The molecular formula is C15H20N4O3. The molecule has 1 saturated carbocycles. The van der Waals surface area contributed by atoms with Crippen molar-refractivity contribution in [3.8, 4) is 6.07 Å². The van der Waals surface area contributed by atoms with Crippen LogP contribution in [0, 0.1) is 17.2 Å². The fourth-order valence-corrected chi connectivity index (χ4v) is 3.07. The van der Waals surface area contributed by atoms with E-state index < -0.39 is 11.2 Å². The first-order chi connectivity index (χ1) is 10.5. The number of hydrogen-bond donors (Lipinski definition) is 0. The molecule has 1 aliphatic carbocycles. The summed E-state index contributed by atoms with van der Waals surface area (Å²) in [5.41, 5.74) is -0.864. The Morgan fingerprint density at radius 3 is 2.55 bits per heavy atom. The highest BCUT2D eigenvalue weighted by molar-refractivity contribution is 5.55. The Morgan fingerprint density at radius 1 is 1.27 bits per heavy atom. The van der Waals surface area contributed by atoms with Gasteiger partial charge in [-0.05, 0) is 19.3 Å². The molecule has 0 aromatic carbocycles. The lowest BCUT2D eigenvalue weighted by atomic mass is 10.1. The monoisotopic (exact) mass is 304 g/mol. The lowest BCUT2D eigenvalue weighted by Gasteiger charge is -2.29. The van der Waals surface area contributed by atoms with E-state index >= 15 is 0 Å². The minimum Gasteiger partial charge on any atom is -0.381 e. The fourth-order valence-electron chi connectivity index (χ4n) is 3.07. The molecule has 1 atom stereocenters. The predicted octanol–water partition coefficient (Wildman–Crippen LogP) is -0.0390. The van der Waals surface area contributed by atoms with E-state index in [0.29, 0.717) is 24.4 Å². The topological polar surface area (TPSA) is 80.3 Å². The molecule has 1 aliphatic heterocycles. The van der Waals surface area contributed by atoms with Crippen molar-refractivity contribution in [1.82, 2.24) is 9.13 Å². The number of nitrogens with zero attached hydrogens (tertiary/aromatic N) is 4. The predicted molar refractivity (Wildman–Crippen MR) is 80.9 cm³/mol. The van der Waals surface area contributed by atoms with Gasteiger partial charge in [0.25, 0.3) is 5.56 Å². The highest BCUT2D eigenvalue weighted by Gasteiger charge is 2.35. The average Bonchev–Trinajstić information content (AvgIpc) is 3.23. The molecule has 1 saturated heterocycles. The van der Waals surface area contributed by atoms with Crippen LogP contribution in [-0.4, -0.2) is 34.9 Å². The summed E-state index contributed by atoms with van der Waals surface area (Å²) >= 11 is 0. The van der Waals surface area contributed by atoms with Crippen LogP contribution in [0.1, 0.15) is 24.8 Å². The number of nitriles is 1. The first-order valence-electron chi connectivity index (χ1n) is 7.59. The molecule has 2 aliphatic rings. The van der Waals surface area contributed by atoms with Gasteiger partial charge in [0.1, 0.15) is 11.9 Å². The minimum absolute atomic E-state index is 0.0513. The van der Waals surface area contributed by atoms with Crippen molar-refractivity contribution in [3.05, 3.63) is 26.4 Å². The van der Waals surface area contributed by atoms with E-state index in [-0.39, 0.29) is 5.56 Å². The number of ether oxygens (including phenoxy) is 1. The summed E-state index contributed by atoms with van der Waals surface area (Å²) in [6, 6.07) is 2.31. The Hall–Kier alpha value is -2.07. The molecule has 2 heterocycles. The molecule has 0 N–H and O–H groups in total. The third-order valence-corrected chi connectivity index (χ3v) is 4.48. The Labute approximate surface area is 128 Å². The summed E-state index contributed by atoms with van der Waals surface area (Å²) in [5, 5.41) is 9.42. The molecule has 1 aromatic heterocycles. The summed E-state index contributed by atoms with van der Waals surface area (Å²) in [7, 11) is 3.03. The van der Waals surface area contributed by atoms with Crippen LogP contribution >= 0.6 is 0 Å². The van der Waals surface area contributed by atoms with E-state index in [2.05, 4.69) is 4.90 Å². The molecule has 2 fully saturated rings. The highest BCUT2D eigenvalue weighted by Crippen LogP contribution is 2.33. The molecule has 1 aromatic rings. The van der Waals surface area contributed by atoms with Crippen molar-refractivity contribution in [2.24, 2.45) is 20.0 Å². The maximum Gasteiger partial charge on any atom is 0.332 e. The standard InChI is InChI=1S/C15H20N4O3/c1-17-13(12(7-16)14(20)18(2)15(17)21)19(11-3-4-11)8-10-5-6-22-9-10/h10-11H,3-6,8-9H2,1-2H3. The van der Waals surface area contributed by atoms with Crippen LogP contribution in [0.5, 0.6) is 0 Å². The van der Waals surface area contributed by atoms with Gasteiger partial charge in [0.2, 0.25) is 0 Å². The van der Waals surface area contributed by atoms with Crippen LogP contribution in [0.3, 0.4) is 0 Å². The van der Waals surface area contributed by atoms with Gasteiger partial charge < -0.3 is 9.64 Å². The maximum absolute atomic E-state index is 12.3. The Balaban J connectivity index is 2.09. The van der Waals surface area contributed by atoms with E-state index in [4.69, 9.17) is 4.74 Å². The highest BCUT2D eigenvalue weighted by atomic mass is 16.5. The average molecular weight is 304 g/mol. The second-order valence-electron chi connectivity index (χ2n) is 6.13. The van der Waals surface area contributed by atoms with E-state index in [1.807, 2.05) is 6.07 Å². The van der Waals surface area contributed by atoms with Gasteiger partial charge in [-0.3, -0.25) is 13.9 Å². The largest absolute Gasteiger partial charge is 0.381 e. The van der Waals surface area contributed by atoms with Gasteiger partial charge in [-0.2, -0.15) is 5.26 Å². The molecule has 7 heteroatoms. The van der Waals surface area contributed by atoms with Crippen molar-refractivity contribution in [2.45, 2.75) is 25.3 Å². The van der Waals surface area contributed by atoms with Crippen LogP contribution in [-0.2, 0) is 18.8 Å². The van der Waals surface area contributed by atoms with Crippen LogP contribution in [0.25, 0.3) is 0 Å². The molecule has 7 nitrogen and oxygen atoms in total. The van der Waals surface area contributed by atoms with Crippen molar-refractivity contribution in [2.75, 3.05) is 24.7 Å². The molecule has 1 unspecified atom stereocenters. The van der Waals surface area contributed by atoms with Crippen molar-refractivity contribution in [3.63, 3.8) is 0 Å². The van der Waals surface area contributed by atoms with Crippen molar-refractivity contribution < 1.29 is 4.74 Å².